The molecule has 2 heterocycles. The highest BCUT2D eigenvalue weighted by molar-refractivity contribution is 5.69. The smallest absolute Gasteiger partial charge is 0.306 e. The second kappa shape index (κ2) is 7.00. The van der Waals surface area contributed by atoms with Crippen molar-refractivity contribution in [3.05, 3.63) is 54.6 Å². The lowest BCUT2D eigenvalue weighted by atomic mass is 9.92. The van der Waals surface area contributed by atoms with Crippen LogP contribution in [-0.2, 0) is 11.3 Å². The number of nitrogens with zero attached hydrogens (tertiary/aromatic N) is 4. The van der Waals surface area contributed by atoms with Crippen LogP contribution in [0.15, 0.2) is 49.1 Å². The lowest BCUT2D eigenvalue weighted by Crippen LogP contribution is -2.53. The molecule has 134 valence electrons. The van der Waals surface area contributed by atoms with Gasteiger partial charge in [-0.3, -0.25) is 0 Å². The number of benzene rings is 1. The monoisotopic (exact) mass is 349 g/mol. The van der Waals surface area contributed by atoms with E-state index in [0.717, 1.165) is 42.9 Å². The third kappa shape index (κ3) is 3.15. The quantitative estimate of drug-likeness (QED) is 0.519. The Morgan fingerprint density at radius 2 is 1.81 bits per heavy atom. The Morgan fingerprint density at radius 3 is 2.54 bits per heavy atom. The summed E-state index contributed by atoms with van der Waals surface area (Å²) in [6.07, 6.45) is 12.8. The fourth-order valence-corrected chi connectivity index (χ4v) is 4.09. The van der Waals surface area contributed by atoms with Crippen LogP contribution in [0.2, 0.25) is 0 Å². The van der Waals surface area contributed by atoms with Gasteiger partial charge in [0.1, 0.15) is 23.8 Å². The molecule has 3 aliphatic rings. The molecule has 0 bridgehead atoms. The minimum atomic E-state index is 0.391. The number of rotatable bonds is 5. The van der Waals surface area contributed by atoms with E-state index in [4.69, 9.17) is 0 Å². The van der Waals surface area contributed by atoms with Gasteiger partial charge in [0.15, 0.2) is 0 Å². The van der Waals surface area contributed by atoms with Crippen LogP contribution < -0.4 is 4.48 Å². The van der Waals surface area contributed by atoms with E-state index in [9.17, 15) is 4.79 Å². The minimum Gasteiger partial charge on any atom is -0.348 e. The molecule has 0 aromatic heterocycles. The number of carbonyl (C=O) groups excluding carboxylic acids is 1. The van der Waals surface area contributed by atoms with Crippen LogP contribution in [0.3, 0.4) is 0 Å². The number of hydrogen-bond donors (Lipinski definition) is 0. The zero-order chi connectivity index (χ0) is 18.0. The average molecular weight is 349 g/mol. The molecule has 1 aromatic carbocycles. The molecule has 1 fully saturated rings. The molecule has 0 N–H and O–H groups in total. The van der Waals surface area contributed by atoms with Crippen molar-refractivity contribution < 1.29 is 4.79 Å². The summed E-state index contributed by atoms with van der Waals surface area (Å²) in [5.41, 5.74) is 4.12. The number of hydrogen-bond acceptors (Lipinski definition) is 3. The van der Waals surface area contributed by atoms with Crippen LogP contribution in [0.25, 0.3) is 11.4 Å². The molecule has 1 saturated carbocycles. The third-order valence-electron chi connectivity index (χ3n) is 5.78. The van der Waals surface area contributed by atoms with E-state index in [2.05, 4.69) is 45.8 Å². The molecule has 0 radical (unpaired) electrons. The lowest BCUT2D eigenvalue weighted by molar-refractivity contribution is -0.118. The van der Waals surface area contributed by atoms with Crippen LogP contribution >= 0.6 is 0 Å². The average Bonchev–Trinajstić information content (AvgIpc) is 3.16. The summed E-state index contributed by atoms with van der Waals surface area (Å²) < 4.78 is 2.50. The Kier molecular flexibility index (Phi) is 4.55. The van der Waals surface area contributed by atoms with Crippen molar-refractivity contribution in [2.75, 3.05) is 7.05 Å². The van der Waals surface area contributed by atoms with Crippen molar-refractivity contribution in [3.63, 3.8) is 0 Å². The summed E-state index contributed by atoms with van der Waals surface area (Å²) in [4.78, 5) is 20.4. The first-order valence-corrected chi connectivity index (χ1v) is 9.37. The van der Waals surface area contributed by atoms with Gasteiger partial charge in [0, 0.05) is 31.8 Å². The van der Waals surface area contributed by atoms with E-state index in [1.807, 2.05) is 18.5 Å². The summed E-state index contributed by atoms with van der Waals surface area (Å²) in [6.45, 7) is 0.775. The lowest BCUT2D eigenvalue weighted by Gasteiger charge is -2.37. The van der Waals surface area contributed by atoms with Gasteiger partial charge in [0.25, 0.3) is 0 Å². The molecular weight excluding hydrogens is 324 g/mol. The van der Waals surface area contributed by atoms with E-state index in [1.165, 1.54) is 24.8 Å². The zero-order valence-corrected chi connectivity index (χ0v) is 15.2. The Morgan fingerprint density at radius 1 is 1.08 bits per heavy atom. The number of pyridine rings is 1. The molecule has 5 nitrogen and oxygen atoms in total. The van der Waals surface area contributed by atoms with Gasteiger partial charge in [0.05, 0.1) is 12.7 Å². The van der Waals surface area contributed by atoms with Crippen molar-refractivity contribution in [2.24, 2.45) is 0 Å². The molecule has 26 heavy (non-hydrogen) atoms. The Labute approximate surface area is 154 Å². The van der Waals surface area contributed by atoms with Gasteiger partial charge in [-0.2, -0.15) is 0 Å². The van der Waals surface area contributed by atoms with E-state index < -0.39 is 0 Å². The van der Waals surface area contributed by atoms with Crippen molar-refractivity contribution >= 4 is 12.1 Å². The van der Waals surface area contributed by atoms with Crippen molar-refractivity contribution in [1.82, 2.24) is 19.0 Å². The summed E-state index contributed by atoms with van der Waals surface area (Å²) in [7, 11) is 2.05. The molecule has 0 spiro atoms. The number of imidazole rings is 1. The first-order chi connectivity index (χ1) is 12.7. The number of aromatic nitrogens is 3. The van der Waals surface area contributed by atoms with Crippen molar-refractivity contribution in [2.45, 2.75) is 44.7 Å². The predicted molar refractivity (Wildman–Crippen MR) is 103 cm³/mol. The second-order valence-corrected chi connectivity index (χ2v) is 7.47. The summed E-state index contributed by atoms with van der Waals surface area (Å²) in [5.74, 6) is 0. The van der Waals surface area contributed by atoms with Crippen LogP contribution in [0.5, 0.6) is 0 Å². The van der Waals surface area contributed by atoms with Crippen molar-refractivity contribution in [1.29, 1.82) is 0 Å². The molecule has 2 aliphatic heterocycles. The molecule has 1 aliphatic carbocycles. The first-order valence-electron chi connectivity index (χ1n) is 9.37. The number of carbonyl (C=O) groups is 1. The Balaban J connectivity index is 1.54. The number of amides is 1. The summed E-state index contributed by atoms with van der Waals surface area (Å²) >= 11 is 0. The largest absolute Gasteiger partial charge is 0.348 e. The molecule has 0 saturated heterocycles. The Bertz CT molecular complexity index is 851. The van der Waals surface area contributed by atoms with Crippen molar-refractivity contribution in [3.8, 4) is 11.4 Å². The number of fused-ring (bicyclic) bond motifs is 1. The highest BCUT2D eigenvalue weighted by atomic mass is 16.1. The molecular formula is C21H25N4O+. The van der Waals surface area contributed by atoms with Gasteiger partial charge in [-0.15, -0.1) is 0 Å². The van der Waals surface area contributed by atoms with Crippen LogP contribution in [0.4, 0.5) is 5.69 Å². The summed E-state index contributed by atoms with van der Waals surface area (Å²) in [5, 5.41) is 0. The highest BCUT2D eigenvalue weighted by Crippen LogP contribution is 2.31. The molecule has 1 amide bonds. The maximum Gasteiger partial charge on any atom is 0.306 e. The van der Waals surface area contributed by atoms with Gasteiger partial charge < -0.3 is 4.57 Å². The SMILES string of the molecule is C[N+](C=O)(c1ccc(Cn2ccc3ncnc-3c2)cc1)C1CCCCC1. The van der Waals surface area contributed by atoms with Gasteiger partial charge in [-0.05, 0) is 36.6 Å². The fraction of sp³-hybridized carbons (Fsp3) is 0.381. The maximum absolute atomic E-state index is 12.0. The highest BCUT2D eigenvalue weighted by Gasteiger charge is 2.35. The maximum atomic E-state index is 12.0. The van der Waals surface area contributed by atoms with Crippen LogP contribution in [0.1, 0.15) is 37.7 Å². The zero-order valence-electron chi connectivity index (χ0n) is 15.2. The normalized spacial score (nSPS) is 17.9. The van der Waals surface area contributed by atoms with Crippen LogP contribution in [-0.4, -0.2) is 34.0 Å². The molecule has 1 aromatic rings. The second-order valence-electron chi connectivity index (χ2n) is 7.47. The number of quaternary nitrogens is 1. The van der Waals surface area contributed by atoms with E-state index in [-0.39, 0.29) is 0 Å². The predicted octanol–water partition coefficient (Wildman–Crippen LogP) is 3.86. The van der Waals surface area contributed by atoms with Gasteiger partial charge in [0.2, 0.25) is 0 Å². The molecule has 1 unspecified atom stereocenters. The standard InChI is InChI=1S/C21H25N4O/c1-25(16-26,18-5-3-2-4-6-18)19-9-7-17(8-10-19)13-24-12-11-20-21(14-24)23-15-22-20/h7-12,14-16,18H,2-6,13H2,1H3/q+1. The van der Waals surface area contributed by atoms with E-state index in [1.54, 1.807) is 6.33 Å². The Hall–Kier alpha value is -2.53. The molecule has 1 atom stereocenters. The topological polar surface area (TPSA) is 47.8 Å². The van der Waals surface area contributed by atoms with E-state index >= 15 is 0 Å². The van der Waals surface area contributed by atoms with Crippen LogP contribution in [0, 0.1) is 0 Å². The van der Waals surface area contributed by atoms with Gasteiger partial charge >= 0.3 is 6.41 Å². The van der Waals surface area contributed by atoms with E-state index in [0.29, 0.717) is 10.5 Å². The minimum absolute atomic E-state index is 0.391. The molecule has 5 heteroatoms. The fourth-order valence-electron chi connectivity index (χ4n) is 4.09. The summed E-state index contributed by atoms with van der Waals surface area (Å²) in [6, 6.07) is 10.9. The van der Waals surface area contributed by atoms with Gasteiger partial charge in [-0.25, -0.2) is 19.2 Å². The molecule has 4 rings (SSSR count). The first kappa shape index (κ1) is 16.9. The third-order valence-corrected chi connectivity index (χ3v) is 5.78. The van der Waals surface area contributed by atoms with Gasteiger partial charge in [-0.1, -0.05) is 18.6 Å².